The smallest absolute Gasteiger partial charge is 0.408 e. The SMILES string of the molecule is O=C(NC[C@@H]1C[C@@H]1C(=O)O)OCCl. The molecule has 0 aliphatic heterocycles. The van der Waals surface area contributed by atoms with Gasteiger partial charge in [-0.3, -0.25) is 4.79 Å². The fourth-order valence-electron chi connectivity index (χ4n) is 1.09. The number of halogens is 1. The Bertz CT molecular complexity index is 221. The molecule has 0 aromatic heterocycles. The Balaban J connectivity index is 2.09. The van der Waals surface area contributed by atoms with Crippen LogP contribution in [0.2, 0.25) is 0 Å². The van der Waals surface area contributed by atoms with Crippen LogP contribution >= 0.6 is 11.6 Å². The molecule has 0 saturated heterocycles. The van der Waals surface area contributed by atoms with Crippen LogP contribution in [0.3, 0.4) is 0 Å². The summed E-state index contributed by atoms with van der Waals surface area (Å²) in [6, 6.07) is -0.196. The molecule has 6 heteroatoms. The predicted molar refractivity (Wildman–Crippen MR) is 44.4 cm³/mol. The minimum Gasteiger partial charge on any atom is -0.481 e. The summed E-state index contributed by atoms with van der Waals surface area (Å²) in [6.45, 7) is 0.340. The Morgan fingerprint density at radius 3 is 2.77 bits per heavy atom. The van der Waals surface area contributed by atoms with Gasteiger partial charge in [0.05, 0.1) is 5.92 Å². The lowest BCUT2D eigenvalue weighted by molar-refractivity contribution is -0.138. The van der Waals surface area contributed by atoms with Crippen LogP contribution in [0.15, 0.2) is 0 Å². The van der Waals surface area contributed by atoms with E-state index in [1.807, 2.05) is 0 Å². The summed E-state index contributed by atoms with van der Waals surface area (Å²) in [4.78, 5) is 21.1. The predicted octanol–water partition coefficient (Wildman–Crippen LogP) is 0.630. The Labute approximate surface area is 80.0 Å². The maximum Gasteiger partial charge on any atom is 0.408 e. The first-order valence-electron chi connectivity index (χ1n) is 3.84. The first-order valence-corrected chi connectivity index (χ1v) is 4.38. The number of carboxylic acids is 1. The number of carbonyl (C=O) groups excluding carboxylic acids is 1. The lowest BCUT2D eigenvalue weighted by atomic mass is 10.3. The molecule has 0 aromatic rings. The molecule has 1 saturated carbocycles. The van der Waals surface area contributed by atoms with Crippen molar-refractivity contribution in [1.29, 1.82) is 0 Å². The third kappa shape index (κ3) is 3.10. The van der Waals surface area contributed by atoms with Crippen LogP contribution in [-0.2, 0) is 9.53 Å². The van der Waals surface area contributed by atoms with E-state index in [4.69, 9.17) is 16.7 Å². The number of carbonyl (C=O) groups is 2. The number of hydrogen-bond donors (Lipinski definition) is 2. The number of hydrogen-bond acceptors (Lipinski definition) is 3. The van der Waals surface area contributed by atoms with Gasteiger partial charge in [-0.05, 0) is 12.3 Å². The van der Waals surface area contributed by atoms with Crippen molar-refractivity contribution in [2.75, 3.05) is 12.6 Å². The average Bonchev–Trinajstić information content (AvgIpc) is 2.80. The molecule has 13 heavy (non-hydrogen) atoms. The van der Waals surface area contributed by atoms with E-state index in [-0.39, 0.29) is 17.9 Å². The molecule has 0 aromatic carbocycles. The standard InChI is InChI=1S/C7H10ClNO4/c8-3-13-7(12)9-2-4-1-5(4)6(10)11/h4-5H,1-3H2,(H,9,12)(H,10,11)/t4-,5-/m0/s1. The molecule has 0 heterocycles. The van der Waals surface area contributed by atoms with Gasteiger partial charge in [0.1, 0.15) is 0 Å². The van der Waals surface area contributed by atoms with Crippen LogP contribution in [-0.4, -0.2) is 29.8 Å². The van der Waals surface area contributed by atoms with Crippen molar-refractivity contribution in [2.24, 2.45) is 11.8 Å². The van der Waals surface area contributed by atoms with Gasteiger partial charge in [0, 0.05) is 6.54 Å². The number of alkyl carbamates (subject to hydrolysis) is 1. The van der Waals surface area contributed by atoms with Gasteiger partial charge < -0.3 is 15.2 Å². The molecule has 1 aliphatic carbocycles. The van der Waals surface area contributed by atoms with Crippen molar-refractivity contribution in [3.8, 4) is 0 Å². The van der Waals surface area contributed by atoms with E-state index in [9.17, 15) is 9.59 Å². The largest absolute Gasteiger partial charge is 0.481 e. The molecule has 0 unspecified atom stereocenters. The third-order valence-corrected chi connectivity index (χ3v) is 2.04. The minimum atomic E-state index is -0.808. The average molecular weight is 208 g/mol. The Hall–Kier alpha value is -0.970. The second kappa shape index (κ2) is 4.32. The summed E-state index contributed by atoms with van der Waals surface area (Å²) in [7, 11) is 0. The molecule has 1 amide bonds. The van der Waals surface area contributed by atoms with Gasteiger partial charge in [0.2, 0.25) is 0 Å². The highest BCUT2D eigenvalue weighted by Crippen LogP contribution is 2.37. The van der Waals surface area contributed by atoms with Crippen LogP contribution in [0.1, 0.15) is 6.42 Å². The molecule has 0 spiro atoms. The molecule has 1 aliphatic rings. The van der Waals surface area contributed by atoms with E-state index in [1.54, 1.807) is 0 Å². The number of nitrogens with one attached hydrogen (secondary N) is 1. The highest BCUT2D eigenvalue weighted by molar-refractivity contribution is 6.17. The second-order valence-electron chi connectivity index (χ2n) is 2.86. The van der Waals surface area contributed by atoms with Crippen LogP contribution in [0.4, 0.5) is 4.79 Å². The molecule has 2 atom stereocenters. The summed E-state index contributed by atoms with van der Waals surface area (Å²) < 4.78 is 4.38. The van der Waals surface area contributed by atoms with Crippen LogP contribution in [0.5, 0.6) is 0 Å². The molecule has 0 radical (unpaired) electrons. The van der Waals surface area contributed by atoms with Crippen molar-refractivity contribution in [3.63, 3.8) is 0 Å². The van der Waals surface area contributed by atoms with Gasteiger partial charge >= 0.3 is 12.1 Å². The van der Waals surface area contributed by atoms with Crippen LogP contribution in [0, 0.1) is 11.8 Å². The molecule has 0 bridgehead atoms. The Morgan fingerprint density at radius 2 is 2.31 bits per heavy atom. The highest BCUT2D eigenvalue weighted by Gasteiger charge is 2.43. The Morgan fingerprint density at radius 1 is 1.62 bits per heavy atom. The van der Waals surface area contributed by atoms with Gasteiger partial charge in [0.15, 0.2) is 6.07 Å². The Kier molecular flexibility index (Phi) is 3.36. The number of carboxylic acid groups (broad SMARTS) is 1. The number of rotatable bonds is 4. The summed E-state index contributed by atoms with van der Waals surface area (Å²) >= 11 is 5.13. The topological polar surface area (TPSA) is 75.6 Å². The molecule has 74 valence electrons. The quantitative estimate of drug-likeness (QED) is 0.663. The van der Waals surface area contributed by atoms with Crippen LogP contribution in [0.25, 0.3) is 0 Å². The van der Waals surface area contributed by atoms with Crippen molar-refractivity contribution < 1.29 is 19.4 Å². The van der Waals surface area contributed by atoms with Gasteiger partial charge in [0.25, 0.3) is 0 Å². The van der Waals surface area contributed by atoms with Crippen molar-refractivity contribution in [1.82, 2.24) is 5.32 Å². The zero-order valence-corrected chi connectivity index (χ0v) is 7.58. The van der Waals surface area contributed by atoms with E-state index in [0.717, 1.165) is 0 Å². The second-order valence-corrected chi connectivity index (χ2v) is 3.08. The summed E-state index contributed by atoms with van der Waals surface area (Å²) in [5.74, 6) is -1.07. The lowest BCUT2D eigenvalue weighted by Crippen LogP contribution is -2.26. The van der Waals surface area contributed by atoms with E-state index < -0.39 is 12.1 Å². The maximum atomic E-state index is 10.7. The first-order chi connectivity index (χ1) is 6.15. The fourth-order valence-corrected chi connectivity index (χ4v) is 1.19. The number of amides is 1. The molecule has 1 fully saturated rings. The molecule has 5 nitrogen and oxygen atoms in total. The first kappa shape index (κ1) is 10.1. The van der Waals surface area contributed by atoms with Gasteiger partial charge in [-0.25, -0.2) is 4.79 Å². The lowest BCUT2D eigenvalue weighted by Gasteiger charge is -2.02. The molecule has 2 N–H and O–H groups in total. The zero-order chi connectivity index (χ0) is 9.84. The van der Waals surface area contributed by atoms with E-state index in [1.165, 1.54) is 0 Å². The van der Waals surface area contributed by atoms with Gasteiger partial charge in [-0.1, -0.05) is 11.6 Å². The number of ether oxygens (including phenoxy) is 1. The maximum absolute atomic E-state index is 10.7. The van der Waals surface area contributed by atoms with Crippen molar-refractivity contribution in [2.45, 2.75) is 6.42 Å². The zero-order valence-electron chi connectivity index (χ0n) is 6.83. The van der Waals surface area contributed by atoms with Gasteiger partial charge in [-0.2, -0.15) is 0 Å². The fraction of sp³-hybridized carbons (Fsp3) is 0.714. The summed E-state index contributed by atoms with van der Waals surface area (Å²) in [5, 5.41) is 10.9. The number of alkyl halides is 1. The summed E-state index contributed by atoms with van der Waals surface area (Å²) in [6.07, 6.45) is 0.0160. The van der Waals surface area contributed by atoms with Crippen LogP contribution < -0.4 is 5.32 Å². The minimum absolute atomic E-state index is 0.0420. The molecular formula is C7H10ClNO4. The highest BCUT2D eigenvalue weighted by atomic mass is 35.5. The van der Waals surface area contributed by atoms with E-state index in [0.29, 0.717) is 13.0 Å². The number of aliphatic carboxylic acids is 1. The third-order valence-electron chi connectivity index (χ3n) is 1.93. The van der Waals surface area contributed by atoms with E-state index in [2.05, 4.69) is 10.1 Å². The van der Waals surface area contributed by atoms with Crippen molar-refractivity contribution in [3.05, 3.63) is 0 Å². The molecular weight excluding hydrogens is 198 g/mol. The van der Waals surface area contributed by atoms with Crippen molar-refractivity contribution >= 4 is 23.7 Å². The normalized spacial score (nSPS) is 25.0. The molecule has 1 rings (SSSR count). The van der Waals surface area contributed by atoms with Gasteiger partial charge in [-0.15, -0.1) is 0 Å². The summed E-state index contributed by atoms with van der Waals surface area (Å²) in [5.41, 5.74) is 0. The monoisotopic (exact) mass is 207 g/mol. The van der Waals surface area contributed by atoms with E-state index >= 15 is 0 Å².